The predicted molar refractivity (Wildman–Crippen MR) is 140 cm³/mol. The minimum Gasteiger partial charge on any atom is -0.332 e. The van der Waals surface area contributed by atoms with Crippen molar-refractivity contribution in [3.8, 4) is 16.9 Å². The van der Waals surface area contributed by atoms with Gasteiger partial charge in [-0.05, 0) is 56.5 Å². The highest BCUT2D eigenvalue weighted by atomic mass is 16.2. The molecule has 0 bridgehead atoms. The molecule has 1 N–H and O–H groups in total. The largest absolute Gasteiger partial charge is 0.332 e. The standard InChI is InChI=1S/C29H30N4O2/c1-19-15-21(3)27(22(4)16-19)30-26(34)18-32(5)29(35)25-17-33(23-12-7-6-8-13-23)31-28(25)24-14-10-9-11-20(24)2/h6-17H,18H2,1-5H3,(H,30,34). The summed E-state index contributed by atoms with van der Waals surface area (Å²) in [4.78, 5) is 27.8. The Balaban J connectivity index is 1.62. The van der Waals surface area contributed by atoms with Gasteiger partial charge in [0.05, 0.1) is 17.8 Å². The molecular formula is C29H30N4O2. The number of aryl methyl sites for hydroxylation is 4. The van der Waals surface area contributed by atoms with Gasteiger partial charge in [0.1, 0.15) is 5.69 Å². The van der Waals surface area contributed by atoms with Crippen LogP contribution in [0.3, 0.4) is 0 Å². The van der Waals surface area contributed by atoms with E-state index in [4.69, 9.17) is 5.10 Å². The van der Waals surface area contributed by atoms with E-state index in [0.29, 0.717) is 11.3 Å². The van der Waals surface area contributed by atoms with Gasteiger partial charge in [-0.1, -0.05) is 60.2 Å². The third-order valence-electron chi connectivity index (χ3n) is 6.03. The van der Waals surface area contributed by atoms with Crippen molar-refractivity contribution < 1.29 is 9.59 Å². The molecule has 0 aliphatic heterocycles. The first-order valence-corrected chi connectivity index (χ1v) is 11.6. The third-order valence-corrected chi connectivity index (χ3v) is 6.03. The molecular weight excluding hydrogens is 436 g/mol. The van der Waals surface area contributed by atoms with Gasteiger partial charge in [0, 0.05) is 24.5 Å². The van der Waals surface area contributed by atoms with Crippen LogP contribution in [-0.4, -0.2) is 40.1 Å². The van der Waals surface area contributed by atoms with Crippen molar-refractivity contribution in [1.82, 2.24) is 14.7 Å². The van der Waals surface area contributed by atoms with Gasteiger partial charge in [-0.3, -0.25) is 9.59 Å². The van der Waals surface area contributed by atoms with Crippen LogP contribution in [-0.2, 0) is 4.79 Å². The number of likely N-dealkylation sites (N-methyl/N-ethyl adjacent to an activating group) is 1. The van der Waals surface area contributed by atoms with E-state index in [1.165, 1.54) is 4.90 Å². The minimum atomic E-state index is -0.266. The summed E-state index contributed by atoms with van der Waals surface area (Å²) in [7, 11) is 1.64. The number of rotatable bonds is 6. The fourth-order valence-electron chi connectivity index (χ4n) is 4.33. The second kappa shape index (κ2) is 9.97. The van der Waals surface area contributed by atoms with Crippen molar-refractivity contribution in [1.29, 1.82) is 0 Å². The van der Waals surface area contributed by atoms with Crippen LogP contribution in [0.5, 0.6) is 0 Å². The Kier molecular flexibility index (Phi) is 6.82. The fourth-order valence-corrected chi connectivity index (χ4v) is 4.33. The molecule has 4 aromatic rings. The maximum absolute atomic E-state index is 13.6. The molecule has 0 radical (unpaired) electrons. The topological polar surface area (TPSA) is 67.2 Å². The summed E-state index contributed by atoms with van der Waals surface area (Å²) in [5.41, 5.74) is 7.72. The lowest BCUT2D eigenvalue weighted by molar-refractivity contribution is -0.116. The van der Waals surface area contributed by atoms with Crippen LogP contribution >= 0.6 is 0 Å². The first-order valence-electron chi connectivity index (χ1n) is 11.6. The van der Waals surface area contributed by atoms with Crippen LogP contribution in [0.1, 0.15) is 32.6 Å². The number of carbonyl (C=O) groups is 2. The van der Waals surface area contributed by atoms with E-state index in [-0.39, 0.29) is 18.4 Å². The lowest BCUT2D eigenvalue weighted by Crippen LogP contribution is -2.35. The fraction of sp³-hybridized carbons (Fsp3) is 0.207. The maximum atomic E-state index is 13.6. The van der Waals surface area contributed by atoms with Crippen LogP contribution in [0.4, 0.5) is 5.69 Å². The number of carbonyl (C=O) groups excluding carboxylic acids is 2. The summed E-state index contributed by atoms with van der Waals surface area (Å²) in [6, 6.07) is 21.6. The van der Waals surface area contributed by atoms with Crippen molar-refractivity contribution in [2.24, 2.45) is 0 Å². The Hall–Kier alpha value is -4.19. The van der Waals surface area contributed by atoms with Crippen LogP contribution in [0.2, 0.25) is 0 Å². The van der Waals surface area contributed by atoms with Gasteiger partial charge in [-0.2, -0.15) is 5.10 Å². The molecule has 0 unspecified atom stereocenters. The normalized spacial score (nSPS) is 10.8. The van der Waals surface area contributed by atoms with Gasteiger partial charge >= 0.3 is 0 Å². The number of anilines is 1. The van der Waals surface area contributed by atoms with Crippen LogP contribution < -0.4 is 5.32 Å². The smallest absolute Gasteiger partial charge is 0.257 e. The molecule has 6 nitrogen and oxygen atoms in total. The lowest BCUT2D eigenvalue weighted by atomic mass is 10.0. The van der Waals surface area contributed by atoms with Crippen molar-refractivity contribution in [2.45, 2.75) is 27.7 Å². The van der Waals surface area contributed by atoms with Gasteiger partial charge in [-0.15, -0.1) is 0 Å². The number of aromatic nitrogens is 2. The molecule has 0 aliphatic carbocycles. The molecule has 3 aromatic carbocycles. The Bertz CT molecular complexity index is 1370. The SMILES string of the molecule is Cc1cc(C)c(NC(=O)CN(C)C(=O)c2cn(-c3ccccc3)nc2-c2ccccc2C)c(C)c1. The maximum Gasteiger partial charge on any atom is 0.257 e. The van der Waals surface area contributed by atoms with Crippen LogP contribution in [0.15, 0.2) is 72.9 Å². The lowest BCUT2D eigenvalue weighted by Gasteiger charge is -2.18. The molecule has 0 atom stereocenters. The van der Waals surface area contributed by atoms with E-state index in [2.05, 4.69) is 5.32 Å². The van der Waals surface area contributed by atoms with Crippen molar-refractivity contribution in [2.75, 3.05) is 18.9 Å². The van der Waals surface area contributed by atoms with Gasteiger partial charge in [-0.25, -0.2) is 4.68 Å². The van der Waals surface area contributed by atoms with Crippen molar-refractivity contribution in [3.63, 3.8) is 0 Å². The second-order valence-electron chi connectivity index (χ2n) is 8.97. The highest BCUT2D eigenvalue weighted by Gasteiger charge is 2.24. The van der Waals surface area contributed by atoms with E-state index in [1.54, 1.807) is 17.9 Å². The van der Waals surface area contributed by atoms with Crippen molar-refractivity contribution in [3.05, 3.63) is 101 Å². The average Bonchev–Trinajstić information content (AvgIpc) is 3.27. The molecule has 35 heavy (non-hydrogen) atoms. The first-order chi connectivity index (χ1) is 16.7. The molecule has 6 heteroatoms. The molecule has 4 rings (SSSR count). The van der Waals surface area contributed by atoms with E-state index >= 15 is 0 Å². The monoisotopic (exact) mass is 466 g/mol. The van der Waals surface area contributed by atoms with E-state index in [9.17, 15) is 9.59 Å². The number of hydrogen-bond acceptors (Lipinski definition) is 3. The Morgan fingerprint density at radius 3 is 2.17 bits per heavy atom. The van der Waals surface area contributed by atoms with Crippen LogP contribution in [0.25, 0.3) is 16.9 Å². The number of nitrogens with zero attached hydrogens (tertiary/aromatic N) is 3. The zero-order valence-corrected chi connectivity index (χ0v) is 20.8. The van der Waals surface area contributed by atoms with Crippen molar-refractivity contribution >= 4 is 17.5 Å². The molecule has 0 saturated carbocycles. The second-order valence-corrected chi connectivity index (χ2v) is 8.97. The predicted octanol–water partition coefficient (Wildman–Crippen LogP) is 5.48. The van der Waals surface area contributed by atoms with Crippen LogP contribution in [0, 0.1) is 27.7 Å². The molecule has 1 heterocycles. The average molecular weight is 467 g/mol. The molecule has 2 amide bonds. The first kappa shape index (κ1) is 24.0. The third kappa shape index (κ3) is 5.17. The summed E-state index contributed by atoms with van der Waals surface area (Å²) in [5, 5.41) is 7.74. The molecule has 178 valence electrons. The van der Waals surface area contributed by atoms with Gasteiger partial charge in [0.2, 0.25) is 5.91 Å². The number of para-hydroxylation sites is 1. The molecule has 0 fully saturated rings. The molecule has 0 spiro atoms. The van der Waals surface area contributed by atoms with E-state index in [0.717, 1.165) is 39.2 Å². The number of hydrogen-bond donors (Lipinski definition) is 1. The number of amides is 2. The van der Waals surface area contributed by atoms with Gasteiger partial charge in [0.15, 0.2) is 0 Å². The number of nitrogens with one attached hydrogen (secondary N) is 1. The summed E-state index contributed by atoms with van der Waals surface area (Å²) in [6.07, 6.45) is 1.74. The quantitative estimate of drug-likeness (QED) is 0.409. The summed E-state index contributed by atoms with van der Waals surface area (Å²) in [5.74, 6) is -0.512. The van der Waals surface area contributed by atoms with E-state index in [1.807, 2.05) is 94.4 Å². The highest BCUT2D eigenvalue weighted by molar-refractivity contribution is 6.03. The Morgan fingerprint density at radius 2 is 1.51 bits per heavy atom. The van der Waals surface area contributed by atoms with Gasteiger partial charge in [0.25, 0.3) is 5.91 Å². The zero-order chi connectivity index (χ0) is 25.1. The van der Waals surface area contributed by atoms with Gasteiger partial charge < -0.3 is 10.2 Å². The summed E-state index contributed by atoms with van der Waals surface area (Å²) < 4.78 is 1.71. The zero-order valence-electron chi connectivity index (χ0n) is 20.8. The van der Waals surface area contributed by atoms with E-state index < -0.39 is 0 Å². The molecule has 1 aromatic heterocycles. The Morgan fingerprint density at radius 1 is 0.886 bits per heavy atom. The summed E-state index contributed by atoms with van der Waals surface area (Å²) in [6.45, 7) is 7.89. The molecule has 0 aliphatic rings. The molecule has 0 saturated heterocycles. The number of benzene rings is 3. The highest BCUT2D eigenvalue weighted by Crippen LogP contribution is 2.28. The Labute approximate surface area is 206 Å². The summed E-state index contributed by atoms with van der Waals surface area (Å²) >= 11 is 0. The minimum absolute atomic E-state index is 0.0741.